The van der Waals surface area contributed by atoms with Crippen LogP contribution in [0, 0.1) is 11.8 Å². The highest BCUT2D eigenvalue weighted by atomic mass is 16.5. The van der Waals surface area contributed by atoms with Crippen molar-refractivity contribution in [3.05, 3.63) is 72.6 Å². The Morgan fingerprint density at radius 1 is 0.603 bits per heavy atom. The van der Waals surface area contributed by atoms with E-state index in [1.54, 1.807) is 14.1 Å². The molecule has 14 nitrogen and oxygen atoms in total. The molecule has 14 heteroatoms. The SMILES string of the molecule is COC(=O)N(C)[C@H](C(=O)N1CCCC1c1ncc(-c2ccc(-c3ccc(-c4cnc(C5CCCN5C(=O)[C@H](C(C)C)N(C)C(=O)OC)n4C)cc3)cc2)n1C)C(C)C. The van der Waals surface area contributed by atoms with Crippen LogP contribution in [0.5, 0.6) is 0 Å². The standard InChI is InChI=1S/C44H58N8O6/c1-27(2)37(49(7)43(55)57-9)41(53)51-23-11-13-33(51)39-45-25-35(47(39)5)31-19-15-29(16-20-31)30-17-21-32(22-18-30)36-26-46-40(48(36)6)34-14-12-24-52(34)42(54)38(28(3)4)50(8)44(56)58-10/h15-22,25-28,33-34,37-38H,11-14,23-24H2,1-10H3/t33?,34?,37-,38-/m0/s1. The highest BCUT2D eigenvalue weighted by molar-refractivity contribution is 5.87. The van der Waals surface area contributed by atoms with E-state index >= 15 is 0 Å². The van der Waals surface area contributed by atoms with Gasteiger partial charge in [-0.3, -0.25) is 19.4 Å². The number of carbonyl (C=O) groups is 4. The number of hydrogen-bond donors (Lipinski definition) is 0. The van der Waals surface area contributed by atoms with E-state index in [4.69, 9.17) is 19.4 Å². The van der Waals surface area contributed by atoms with E-state index in [0.717, 1.165) is 71.0 Å². The van der Waals surface area contributed by atoms with E-state index in [0.29, 0.717) is 13.1 Å². The van der Waals surface area contributed by atoms with Crippen LogP contribution >= 0.6 is 0 Å². The Hall–Kier alpha value is -5.66. The number of amides is 4. The zero-order chi connectivity index (χ0) is 42.0. The van der Waals surface area contributed by atoms with Gasteiger partial charge in [-0.1, -0.05) is 76.2 Å². The first-order valence-electron chi connectivity index (χ1n) is 20.2. The number of benzene rings is 2. The Kier molecular flexibility index (Phi) is 12.6. The van der Waals surface area contributed by atoms with Gasteiger partial charge in [-0.25, -0.2) is 19.6 Å². The third-order valence-electron chi connectivity index (χ3n) is 11.9. The van der Waals surface area contributed by atoms with Gasteiger partial charge in [0.15, 0.2) is 0 Å². The van der Waals surface area contributed by atoms with Crippen molar-refractivity contribution in [1.82, 2.24) is 38.7 Å². The van der Waals surface area contributed by atoms with E-state index in [2.05, 4.69) is 57.7 Å². The Morgan fingerprint density at radius 2 is 0.931 bits per heavy atom. The molecule has 58 heavy (non-hydrogen) atoms. The minimum absolute atomic E-state index is 0.0910. The van der Waals surface area contributed by atoms with Crippen LogP contribution in [0.3, 0.4) is 0 Å². The number of carbonyl (C=O) groups excluding carboxylic acids is 4. The van der Waals surface area contributed by atoms with Gasteiger partial charge in [0, 0.05) is 41.3 Å². The van der Waals surface area contributed by atoms with Crippen molar-refractivity contribution >= 4 is 24.0 Å². The van der Waals surface area contributed by atoms with Gasteiger partial charge in [-0.15, -0.1) is 0 Å². The highest BCUT2D eigenvalue weighted by Gasteiger charge is 2.42. The number of ether oxygens (including phenoxy) is 2. The maximum Gasteiger partial charge on any atom is 0.409 e. The Balaban J connectivity index is 1.16. The van der Waals surface area contributed by atoms with Crippen LogP contribution in [0.25, 0.3) is 33.6 Å². The molecule has 0 N–H and O–H groups in total. The predicted octanol–water partition coefficient (Wildman–Crippen LogP) is 6.93. The first-order chi connectivity index (χ1) is 27.7. The molecule has 0 radical (unpaired) electrons. The van der Waals surface area contributed by atoms with Gasteiger partial charge in [0.05, 0.1) is 50.1 Å². The lowest BCUT2D eigenvalue weighted by Gasteiger charge is -2.34. The Morgan fingerprint density at radius 3 is 1.24 bits per heavy atom. The predicted molar refractivity (Wildman–Crippen MR) is 221 cm³/mol. The average Bonchev–Trinajstić information content (AvgIpc) is 4.04. The fourth-order valence-corrected chi connectivity index (χ4v) is 8.92. The number of likely N-dealkylation sites (N-methyl/N-ethyl adjacent to an activating group) is 2. The summed E-state index contributed by atoms with van der Waals surface area (Å²) in [5.74, 6) is 1.27. The third kappa shape index (κ3) is 7.93. The van der Waals surface area contributed by atoms with Gasteiger partial charge in [0.2, 0.25) is 11.8 Å². The summed E-state index contributed by atoms with van der Waals surface area (Å²) in [5.41, 5.74) is 6.08. The van der Waals surface area contributed by atoms with Crippen molar-refractivity contribution in [3.8, 4) is 33.6 Å². The molecular weight excluding hydrogens is 737 g/mol. The van der Waals surface area contributed by atoms with Crippen molar-refractivity contribution in [2.45, 2.75) is 77.5 Å². The second-order valence-corrected chi connectivity index (χ2v) is 16.2. The van der Waals surface area contributed by atoms with E-state index in [9.17, 15) is 19.2 Å². The quantitative estimate of drug-likeness (QED) is 0.160. The second-order valence-electron chi connectivity index (χ2n) is 16.2. The molecule has 4 amide bonds. The van der Waals surface area contributed by atoms with Crippen LogP contribution < -0.4 is 0 Å². The molecule has 2 aliphatic rings. The largest absolute Gasteiger partial charge is 0.453 e. The van der Waals surface area contributed by atoms with Gasteiger partial charge >= 0.3 is 12.2 Å². The maximum absolute atomic E-state index is 13.9. The molecule has 0 saturated carbocycles. The highest BCUT2D eigenvalue weighted by Crippen LogP contribution is 2.37. The van der Waals surface area contributed by atoms with Crippen LogP contribution in [-0.4, -0.2) is 116 Å². The first-order valence-corrected chi connectivity index (χ1v) is 20.2. The number of nitrogens with zero attached hydrogens (tertiary/aromatic N) is 8. The summed E-state index contributed by atoms with van der Waals surface area (Å²) >= 11 is 0. The van der Waals surface area contributed by atoms with Crippen molar-refractivity contribution in [3.63, 3.8) is 0 Å². The molecule has 4 aromatic rings. The smallest absolute Gasteiger partial charge is 0.409 e. The second kappa shape index (κ2) is 17.5. The molecule has 4 atom stereocenters. The molecule has 2 fully saturated rings. The first kappa shape index (κ1) is 42.0. The molecule has 2 saturated heterocycles. The molecular formula is C44H58N8O6. The van der Waals surface area contributed by atoms with Crippen molar-refractivity contribution < 1.29 is 28.7 Å². The van der Waals surface area contributed by atoms with Crippen LogP contribution in [0.2, 0.25) is 0 Å². The molecule has 2 aliphatic heterocycles. The van der Waals surface area contributed by atoms with Crippen LogP contribution in [0.15, 0.2) is 60.9 Å². The Labute approximate surface area is 341 Å². The number of methoxy groups -OCH3 is 2. The molecule has 2 unspecified atom stereocenters. The number of imidazole rings is 2. The molecule has 2 aromatic heterocycles. The molecule has 2 aromatic carbocycles. The topological polar surface area (TPSA) is 135 Å². The maximum atomic E-state index is 13.9. The summed E-state index contributed by atoms with van der Waals surface area (Å²) in [7, 11) is 9.86. The van der Waals surface area contributed by atoms with Crippen LogP contribution in [-0.2, 0) is 33.2 Å². The molecule has 0 bridgehead atoms. The molecule has 0 aliphatic carbocycles. The number of hydrogen-bond acceptors (Lipinski definition) is 8. The van der Waals surface area contributed by atoms with Crippen molar-refractivity contribution in [2.24, 2.45) is 25.9 Å². The molecule has 310 valence electrons. The van der Waals surface area contributed by atoms with Gasteiger partial charge in [0.1, 0.15) is 23.7 Å². The Bertz CT molecular complexity index is 1960. The van der Waals surface area contributed by atoms with E-state index < -0.39 is 24.3 Å². The summed E-state index contributed by atoms with van der Waals surface area (Å²) in [6, 6.07) is 15.1. The number of likely N-dealkylation sites (tertiary alicyclic amines) is 2. The summed E-state index contributed by atoms with van der Waals surface area (Å²) in [4.78, 5) is 68.7. The van der Waals surface area contributed by atoms with Crippen LogP contribution in [0.4, 0.5) is 9.59 Å². The van der Waals surface area contributed by atoms with E-state index in [1.165, 1.54) is 24.0 Å². The summed E-state index contributed by atoms with van der Waals surface area (Å²) in [5, 5.41) is 0. The van der Waals surface area contributed by atoms with E-state index in [1.807, 2.05) is 64.0 Å². The minimum Gasteiger partial charge on any atom is -0.453 e. The summed E-state index contributed by atoms with van der Waals surface area (Å²) in [6.07, 6.45) is 5.98. The summed E-state index contributed by atoms with van der Waals surface area (Å²) in [6.45, 7) is 8.97. The lowest BCUT2D eigenvalue weighted by atomic mass is 10.0. The average molecular weight is 795 g/mol. The third-order valence-corrected chi connectivity index (χ3v) is 11.9. The van der Waals surface area contributed by atoms with Crippen molar-refractivity contribution in [1.29, 1.82) is 0 Å². The van der Waals surface area contributed by atoms with Gasteiger partial charge < -0.3 is 28.4 Å². The van der Waals surface area contributed by atoms with Gasteiger partial charge in [0.25, 0.3) is 0 Å². The molecule has 6 rings (SSSR count). The van der Waals surface area contributed by atoms with Gasteiger partial charge in [-0.05, 0) is 59.8 Å². The van der Waals surface area contributed by atoms with Gasteiger partial charge in [-0.2, -0.15) is 0 Å². The van der Waals surface area contributed by atoms with Crippen molar-refractivity contribution in [2.75, 3.05) is 41.4 Å². The fourth-order valence-electron chi connectivity index (χ4n) is 8.92. The molecule has 4 heterocycles. The zero-order valence-electron chi connectivity index (χ0n) is 35.5. The minimum atomic E-state index is -0.636. The number of rotatable bonds is 11. The lowest BCUT2D eigenvalue weighted by molar-refractivity contribution is -0.139. The van der Waals surface area contributed by atoms with E-state index in [-0.39, 0.29) is 35.7 Å². The zero-order valence-corrected chi connectivity index (χ0v) is 35.5. The normalized spacial score (nSPS) is 17.8. The monoisotopic (exact) mass is 794 g/mol. The fraction of sp³-hybridized carbons (Fsp3) is 0.500. The van der Waals surface area contributed by atoms with Crippen LogP contribution in [0.1, 0.15) is 77.1 Å². The summed E-state index contributed by atoms with van der Waals surface area (Å²) < 4.78 is 14.0. The number of aromatic nitrogens is 4. The molecule has 0 spiro atoms. The lowest BCUT2D eigenvalue weighted by Crippen LogP contribution is -2.51.